The van der Waals surface area contributed by atoms with Crippen molar-refractivity contribution in [2.24, 2.45) is 0 Å². The first-order valence-corrected chi connectivity index (χ1v) is 7.20. The maximum Gasteiger partial charge on any atom is 0.0700 e. The molecule has 110 valence electrons. The zero-order chi connectivity index (χ0) is 13.7. The second kappa shape index (κ2) is 11.9. The van der Waals surface area contributed by atoms with Crippen LogP contribution in [0.3, 0.4) is 0 Å². The lowest BCUT2D eigenvalue weighted by molar-refractivity contribution is 0.0413. The molecule has 0 saturated carbocycles. The zero-order valence-corrected chi connectivity index (χ0v) is 12.3. The van der Waals surface area contributed by atoms with Crippen molar-refractivity contribution in [2.75, 3.05) is 40.1 Å². The number of ether oxygens (including phenoxy) is 2. The molecule has 2 N–H and O–H groups in total. The van der Waals surface area contributed by atoms with Crippen LogP contribution in [0.15, 0.2) is 0 Å². The van der Waals surface area contributed by atoms with Crippen LogP contribution in [0.2, 0.25) is 0 Å². The summed E-state index contributed by atoms with van der Waals surface area (Å²) in [6.07, 6.45) is 5.13. The average Bonchev–Trinajstić information content (AvgIpc) is 2.42. The van der Waals surface area contributed by atoms with Crippen molar-refractivity contribution in [3.63, 3.8) is 0 Å². The molecule has 0 rings (SSSR count). The van der Waals surface area contributed by atoms with Crippen LogP contribution in [0.25, 0.3) is 0 Å². The van der Waals surface area contributed by atoms with Crippen LogP contribution in [0, 0.1) is 0 Å². The zero-order valence-electron chi connectivity index (χ0n) is 12.3. The molecule has 1 atom stereocenters. The minimum Gasteiger partial charge on any atom is -0.394 e. The number of aliphatic hydroxyl groups excluding tert-OH is 1. The molecule has 4 heteroatoms. The first kappa shape index (κ1) is 17.8. The number of nitrogens with one attached hydrogen (secondary N) is 1. The Morgan fingerprint density at radius 1 is 1.00 bits per heavy atom. The lowest BCUT2D eigenvalue weighted by Gasteiger charge is -2.30. The van der Waals surface area contributed by atoms with E-state index in [0.717, 1.165) is 38.9 Å². The Morgan fingerprint density at radius 3 is 2.06 bits per heavy atom. The van der Waals surface area contributed by atoms with Gasteiger partial charge in [-0.15, -0.1) is 0 Å². The van der Waals surface area contributed by atoms with Gasteiger partial charge in [-0.1, -0.05) is 20.3 Å². The first-order chi connectivity index (χ1) is 8.74. The fourth-order valence-corrected chi connectivity index (χ4v) is 1.83. The molecule has 0 aliphatic heterocycles. The SMILES string of the molecule is CCCCOCCOCCCC(CC)(CO)NC. The molecular weight excluding hydrogens is 230 g/mol. The normalized spacial score (nSPS) is 14.7. The molecule has 0 aromatic carbocycles. The first-order valence-electron chi connectivity index (χ1n) is 7.20. The summed E-state index contributed by atoms with van der Waals surface area (Å²) >= 11 is 0. The third kappa shape index (κ3) is 8.03. The summed E-state index contributed by atoms with van der Waals surface area (Å²) in [6, 6.07) is 0. The van der Waals surface area contributed by atoms with E-state index in [-0.39, 0.29) is 12.1 Å². The number of unbranched alkanes of at least 4 members (excludes halogenated alkanes) is 1. The summed E-state index contributed by atoms with van der Waals surface area (Å²) in [7, 11) is 1.90. The summed E-state index contributed by atoms with van der Waals surface area (Å²) in [5, 5.41) is 12.6. The number of aliphatic hydroxyl groups is 1. The van der Waals surface area contributed by atoms with E-state index in [1.54, 1.807) is 0 Å². The number of hydrogen-bond donors (Lipinski definition) is 2. The van der Waals surface area contributed by atoms with Crippen molar-refractivity contribution in [1.82, 2.24) is 5.32 Å². The van der Waals surface area contributed by atoms with Gasteiger partial charge >= 0.3 is 0 Å². The number of hydrogen-bond acceptors (Lipinski definition) is 4. The van der Waals surface area contributed by atoms with Crippen molar-refractivity contribution in [3.8, 4) is 0 Å². The Hall–Kier alpha value is -0.160. The molecule has 0 aliphatic rings. The van der Waals surface area contributed by atoms with Crippen LogP contribution in [0.5, 0.6) is 0 Å². The highest BCUT2D eigenvalue weighted by molar-refractivity contribution is 4.84. The molecule has 0 saturated heterocycles. The molecule has 0 spiro atoms. The van der Waals surface area contributed by atoms with E-state index >= 15 is 0 Å². The van der Waals surface area contributed by atoms with Gasteiger partial charge in [0.05, 0.1) is 19.8 Å². The fourth-order valence-electron chi connectivity index (χ4n) is 1.83. The minimum atomic E-state index is -0.138. The lowest BCUT2D eigenvalue weighted by atomic mass is 9.92. The Kier molecular flexibility index (Phi) is 11.8. The Bertz CT molecular complexity index is 164. The molecule has 1 unspecified atom stereocenters. The van der Waals surface area contributed by atoms with E-state index in [2.05, 4.69) is 19.2 Å². The molecule has 0 heterocycles. The van der Waals surface area contributed by atoms with Gasteiger partial charge in [0.1, 0.15) is 0 Å². The smallest absolute Gasteiger partial charge is 0.0700 e. The minimum absolute atomic E-state index is 0.138. The third-order valence-corrected chi connectivity index (χ3v) is 3.47. The molecule has 4 nitrogen and oxygen atoms in total. The highest BCUT2D eigenvalue weighted by Crippen LogP contribution is 2.16. The maximum absolute atomic E-state index is 9.38. The second-order valence-corrected chi connectivity index (χ2v) is 4.72. The molecule has 0 amide bonds. The predicted molar refractivity (Wildman–Crippen MR) is 74.9 cm³/mol. The lowest BCUT2D eigenvalue weighted by Crippen LogP contribution is -2.46. The summed E-state index contributed by atoms with van der Waals surface area (Å²) < 4.78 is 10.9. The largest absolute Gasteiger partial charge is 0.394 e. The van der Waals surface area contributed by atoms with Crippen LogP contribution >= 0.6 is 0 Å². The predicted octanol–water partition coefficient (Wildman–Crippen LogP) is 1.96. The number of rotatable bonds is 13. The van der Waals surface area contributed by atoms with Crippen molar-refractivity contribution < 1.29 is 14.6 Å². The molecule has 0 aromatic heterocycles. The molecular formula is C14H31NO3. The maximum atomic E-state index is 9.38. The molecule has 18 heavy (non-hydrogen) atoms. The van der Waals surface area contributed by atoms with Crippen molar-refractivity contribution in [1.29, 1.82) is 0 Å². The van der Waals surface area contributed by atoms with E-state index < -0.39 is 0 Å². The van der Waals surface area contributed by atoms with Gasteiger partial charge < -0.3 is 19.9 Å². The molecule has 0 radical (unpaired) electrons. The average molecular weight is 261 g/mol. The van der Waals surface area contributed by atoms with Crippen molar-refractivity contribution in [2.45, 2.75) is 51.5 Å². The highest BCUT2D eigenvalue weighted by Gasteiger charge is 2.23. The summed E-state index contributed by atoms with van der Waals surface area (Å²) in [4.78, 5) is 0. The molecule has 0 bridgehead atoms. The quantitative estimate of drug-likeness (QED) is 0.498. The van der Waals surface area contributed by atoms with Gasteiger partial charge in [-0.2, -0.15) is 0 Å². The second-order valence-electron chi connectivity index (χ2n) is 4.72. The molecule has 0 aromatic rings. The summed E-state index contributed by atoms with van der Waals surface area (Å²) in [5.74, 6) is 0. The monoisotopic (exact) mass is 261 g/mol. The van der Waals surface area contributed by atoms with Crippen LogP contribution in [-0.2, 0) is 9.47 Å². The van der Waals surface area contributed by atoms with Gasteiger partial charge in [0.25, 0.3) is 0 Å². The van der Waals surface area contributed by atoms with E-state index in [0.29, 0.717) is 13.2 Å². The van der Waals surface area contributed by atoms with E-state index in [1.165, 1.54) is 6.42 Å². The van der Waals surface area contributed by atoms with E-state index in [9.17, 15) is 5.11 Å². The van der Waals surface area contributed by atoms with Gasteiger partial charge in [-0.25, -0.2) is 0 Å². The topological polar surface area (TPSA) is 50.7 Å². The van der Waals surface area contributed by atoms with Crippen molar-refractivity contribution in [3.05, 3.63) is 0 Å². The fraction of sp³-hybridized carbons (Fsp3) is 1.00. The number of likely N-dealkylation sites (N-methyl/N-ethyl adjacent to an activating group) is 1. The highest BCUT2D eigenvalue weighted by atomic mass is 16.5. The van der Waals surface area contributed by atoms with Crippen molar-refractivity contribution >= 4 is 0 Å². The summed E-state index contributed by atoms with van der Waals surface area (Å²) in [5.41, 5.74) is -0.138. The van der Waals surface area contributed by atoms with Gasteiger partial charge in [-0.3, -0.25) is 0 Å². The molecule has 0 fully saturated rings. The van der Waals surface area contributed by atoms with Gasteiger partial charge in [0.2, 0.25) is 0 Å². The van der Waals surface area contributed by atoms with Crippen LogP contribution in [0.4, 0.5) is 0 Å². The standard InChI is InChI=1S/C14H31NO3/c1-4-6-9-17-11-12-18-10-7-8-14(5-2,13-16)15-3/h15-16H,4-13H2,1-3H3. The Morgan fingerprint density at radius 2 is 1.61 bits per heavy atom. The van der Waals surface area contributed by atoms with E-state index in [4.69, 9.17) is 9.47 Å². The van der Waals surface area contributed by atoms with E-state index in [1.807, 2.05) is 7.05 Å². The van der Waals surface area contributed by atoms with Crippen LogP contribution < -0.4 is 5.32 Å². The Balaban J connectivity index is 3.38. The van der Waals surface area contributed by atoms with Gasteiger partial charge in [-0.05, 0) is 32.7 Å². The van der Waals surface area contributed by atoms with Crippen LogP contribution in [0.1, 0.15) is 46.0 Å². The summed E-state index contributed by atoms with van der Waals surface area (Å²) in [6.45, 7) is 7.36. The van der Waals surface area contributed by atoms with Gasteiger partial charge in [0, 0.05) is 18.8 Å². The van der Waals surface area contributed by atoms with Gasteiger partial charge in [0.15, 0.2) is 0 Å². The third-order valence-electron chi connectivity index (χ3n) is 3.47. The molecule has 0 aliphatic carbocycles. The Labute approximate surface area is 112 Å². The van der Waals surface area contributed by atoms with Crippen LogP contribution in [-0.4, -0.2) is 50.7 Å².